The average Bonchev–Trinajstić information content (AvgIpc) is 2.66. The van der Waals surface area contributed by atoms with Crippen molar-refractivity contribution in [2.45, 2.75) is 97.8 Å². The standard InChI is InChI=1S/C25H46O/c1-5-6-20-7-11-22(12-8-20)24-15-16-25(19(3)18(24)2)23-13-9-21(10-14-23)17-26-4/h18-25H,5-17H2,1-4H3. The molecule has 0 N–H and O–H groups in total. The van der Waals surface area contributed by atoms with Crippen LogP contribution in [-0.2, 0) is 4.74 Å². The molecule has 0 saturated heterocycles. The Morgan fingerprint density at radius 2 is 1.12 bits per heavy atom. The summed E-state index contributed by atoms with van der Waals surface area (Å²) in [7, 11) is 1.87. The van der Waals surface area contributed by atoms with Crippen LogP contribution in [0.25, 0.3) is 0 Å². The highest BCUT2D eigenvalue weighted by molar-refractivity contribution is 4.91. The van der Waals surface area contributed by atoms with Crippen LogP contribution in [0.4, 0.5) is 0 Å². The van der Waals surface area contributed by atoms with Gasteiger partial charge in [0.2, 0.25) is 0 Å². The summed E-state index contributed by atoms with van der Waals surface area (Å²) >= 11 is 0. The van der Waals surface area contributed by atoms with Gasteiger partial charge in [-0.3, -0.25) is 0 Å². The first kappa shape index (κ1) is 20.7. The van der Waals surface area contributed by atoms with Gasteiger partial charge in [-0.1, -0.05) is 46.5 Å². The van der Waals surface area contributed by atoms with Gasteiger partial charge in [-0.2, -0.15) is 0 Å². The van der Waals surface area contributed by atoms with E-state index >= 15 is 0 Å². The Morgan fingerprint density at radius 3 is 1.54 bits per heavy atom. The second kappa shape index (κ2) is 9.94. The van der Waals surface area contributed by atoms with Crippen LogP contribution in [-0.4, -0.2) is 13.7 Å². The molecule has 0 amide bonds. The normalized spacial score (nSPS) is 44.8. The summed E-state index contributed by atoms with van der Waals surface area (Å²) in [6.07, 6.45) is 17.9. The maximum atomic E-state index is 5.40. The highest BCUT2D eigenvalue weighted by atomic mass is 16.5. The molecule has 0 radical (unpaired) electrons. The highest BCUT2D eigenvalue weighted by Crippen LogP contribution is 2.51. The molecule has 0 aromatic carbocycles. The minimum absolute atomic E-state index is 0.846. The van der Waals surface area contributed by atoms with E-state index in [1.165, 1.54) is 64.2 Å². The molecule has 3 fully saturated rings. The summed E-state index contributed by atoms with van der Waals surface area (Å²) in [4.78, 5) is 0. The molecule has 4 atom stereocenters. The van der Waals surface area contributed by atoms with E-state index in [2.05, 4.69) is 20.8 Å². The Kier molecular flexibility index (Phi) is 7.91. The Hall–Kier alpha value is -0.0400. The van der Waals surface area contributed by atoms with E-state index in [1.54, 1.807) is 12.8 Å². The first-order valence-corrected chi connectivity index (χ1v) is 12.1. The second-order valence-corrected chi connectivity index (χ2v) is 10.4. The molecule has 0 heterocycles. The van der Waals surface area contributed by atoms with Crippen LogP contribution in [0.15, 0.2) is 0 Å². The molecule has 0 aliphatic heterocycles. The maximum absolute atomic E-state index is 5.40. The minimum Gasteiger partial charge on any atom is -0.384 e. The first-order valence-electron chi connectivity index (χ1n) is 12.1. The van der Waals surface area contributed by atoms with Crippen molar-refractivity contribution in [2.24, 2.45) is 47.3 Å². The van der Waals surface area contributed by atoms with Gasteiger partial charge in [0.05, 0.1) is 0 Å². The Bertz CT molecular complexity index is 351. The molecule has 3 aliphatic carbocycles. The van der Waals surface area contributed by atoms with Crippen LogP contribution in [0.2, 0.25) is 0 Å². The lowest BCUT2D eigenvalue weighted by molar-refractivity contribution is 0.0109. The van der Waals surface area contributed by atoms with Gasteiger partial charge in [-0.25, -0.2) is 0 Å². The van der Waals surface area contributed by atoms with Crippen LogP contribution < -0.4 is 0 Å². The number of hydrogen-bond acceptors (Lipinski definition) is 1. The number of rotatable bonds is 6. The van der Waals surface area contributed by atoms with Crippen molar-refractivity contribution in [3.63, 3.8) is 0 Å². The lowest BCUT2D eigenvalue weighted by atomic mass is 9.57. The first-order chi connectivity index (χ1) is 12.6. The van der Waals surface area contributed by atoms with Crippen LogP contribution in [0.1, 0.15) is 97.8 Å². The van der Waals surface area contributed by atoms with Crippen LogP contribution in [0, 0.1) is 47.3 Å². The third-order valence-electron chi connectivity index (χ3n) is 9.11. The quantitative estimate of drug-likeness (QED) is 0.480. The van der Waals surface area contributed by atoms with Gasteiger partial charge in [0.1, 0.15) is 0 Å². The molecule has 3 rings (SSSR count). The largest absolute Gasteiger partial charge is 0.384 e. The molecule has 3 saturated carbocycles. The van der Waals surface area contributed by atoms with Crippen molar-refractivity contribution < 1.29 is 4.74 Å². The Labute approximate surface area is 164 Å². The molecule has 3 aliphatic rings. The third-order valence-corrected chi connectivity index (χ3v) is 9.11. The summed E-state index contributed by atoms with van der Waals surface area (Å²) in [5, 5.41) is 0. The molecule has 1 nitrogen and oxygen atoms in total. The molecule has 0 aromatic rings. The summed E-state index contributed by atoms with van der Waals surface area (Å²) in [6, 6.07) is 0. The van der Waals surface area contributed by atoms with Crippen molar-refractivity contribution in [2.75, 3.05) is 13.7 Å². The van der Waals surface area contributed by atoms with Crippen molar-refractivity contribution >= 4 is 0 Å². The zero-order valence-corrected chi connectivity index (χ0v) is 18.2. The van der Waals surface area contributed by atoms with E-state index in [9.17, 15) is 0 Å². The molecule has 0 spiro atoms. The Morgan fingerprint density at radius 1 is 0.654 bits per heavy atom. The van der Waals surface area contributed by atoms with Gasteiger partial charge in [-0.05, 0) is 98.7 Å². The fourth-order valence-electron chi connectivity index (χ4n) is 7.35. The fourth-order valence-corrected chi connectivity index (χ4v) is 7.35. The molecule has 26 heavy (non-hydrogen) atoms. The smallest absolute Gasteiger partial charge is 0.0490 e. The predicted octanol–water partition coefficient (Wildman–Crippen LogP) is 7.34. The molecule has 0 aromatic heterocycles. The second-order valence-electron chi connectivity index (χ2n) is 10.4. The highest BCUT2D eigenvalue weighted by Gasteiger charge is 2.41. The fraction of sp³-hybridized carbons (Fsp3) is 1.00. The van der Waals surface area contributed by atoms with Gasteiger partial charge < -0.3 is 4.74 Å². The van der Waals surface area contributed by atoms with Crippen LogP contribution in [0.3, 0.4) is 0 Å². The number of ether oxygens (including phenoxy) is 1. The van der Waals surface area contributed by atoms with Crippen LogP contribution >= 0.6 is 0 Å². The van der Waals surface area contributed by atoms with E-state index in [0.29, 0.717) is 0 Å². The van der Waals surface area contributed by atoms with Crippen LogP contribution in [0.5, 0.6) is 0 Å². The molecular formula is C25H46O. The van der Waals surface area contributed by atoms with E-state index in [0.717, 1.165) is 54.0 Å². The van der Waals surface area contributed by atoms with Crippen molar-refractivity contribution in [3.05, 3.63) is 0 Å². The van der Waals surface area contributed by atoms with Gasteiger partial charge in [0.15, 0.2) is 0 Å². The average molecular weight is 363 g/mol. The summed E-state index contributed by atoms with van der Waals surface area (Å²) in [5.74, 6) is 7.93. The topological polar surface area (TPSA) is 9.23 Å². The summed E-state index contributed by atoms with van der Waals surface area (Å²) in [5.41, 5.74) is 0. The van der Waals surface area contributed by atoms with Crippen molar-refractivity contribution in [3.8, 4) is 0 Å². The van der Waals surface area contributed by atoms with E-state index in [4.69, 9.17) is 4.74 Å². The number of hydrogen-bond donors (Lipinski definition) is 0. The number of methoxy groups -OCH3 is 1. The van der Waals surface area contributed by atoms with Gasteiger partial charge in [-0.15, -0.1) is 0 Å². The monoisotopic (exact) mass is 362 g/mol. The molecule has 1 heteroatoms. The predicted molar refractivity (Wildman–Crippen MR) is 112 cm³/mol. The minimum atomic E-state index is 0.846. The lowest BCUT2D eigenvalue weighted by Crippen LogP contribution is -2.40. The van der Waals surface area contributed by atoms with E-state index < -0.39 is 0 Å². The molecule has 4 unspecified atom stereocenters. The Balaban J connectivity index is 1.49. The third kappa shape index (κ3) is 4.86. The van der Waals surface area contributed by atoms with E-state index in [-0.39, 0.29) is 0 Å². The molecule has 0 bridgehead atoms. The van der Waals surface area contributed by atoms with Gasteiger partial charge in [0.25, 0.3) is 0 Å². The zero-order valence-electron chi connectivity index (χ0n) is 18.2. The zero-order chi connectivity index (χ0) is 18.5. The SMILES string of the molecule is CCCC1CCC(C2CCC(C3CCC(COC)CC3)C(C)C2C)CC1. The molecular weight excluding hydrogens is 316 g/mol. The van der Waals surface area contributed by atoms with Crippen molar-refractivity contribution in [1.29, 1.82) is 0 Å². The van der Waals surface area contributed by atoms with Gasteiger partial charge >= 0.3 is 0 Å². The maximum Gasteiger partial charge on any atom is 0.0490 e. The molecule has 152 valence electrons. The van der Waals surface area contributed by atoms with Gasteiger partial charge in [0, 0.05) is 13.7 Å². The summed E-state index contributed by atoms with van der Waals surface area (Å²) in [6.45, 7) is 8.59. The van der Waals surface area contributed by atoms with Crippen molar-refractivity contribution in [1.82, 2.24) is 0 Å². The van der Waals surface area contributed by atoms with E-state index in [1.807, 2.05) is 7.11 Å². The lowest BCUT2D eigenvalue weighted by Gasteiger charge is -2.48. The summed E-state index contributed by atoms with van der Waals surface area (Å²) < 4.78 is 5.40.